The van der Waals surface area contributed by atoms with Crippen molar-refractivity contribution in [1.29, 1.82) is 0 Å². The summed E-state index contributed by atoms with van der Waals surface area (Å²) in [6.07, 6.45) is 0.637. The van der Waals surface area contributed by atoms with Crippen LogP contribution in [0.3, 0.4) is 0 Å². The SMILES string of the molecule is CCC(NC)(C(=O)OC)c1ccc(Br)cc1. The lowest BCUT2D eigenvalue weighted by Crippen LogP contribution is -2.47. The minimum atomic E-state index is -0.755. The molecule has 4 heteroatoms. The number of carbonyl (C=O) groups excluding carboxylic acids is 1. The number of hydrogen-bond acceptors (Lipinski definition) is 3. The van der Waals surface area contributed by atoms with E-state index in [1.807, 2.05) is 31.2 Å². The van der Waals surface area contributed by atoms with Crippen molar-refractivity contribution in [3.8, 4) is 0 Å². The summed E-state index contributed by atoms with van der Waals surface area (Å²) < 4.78 is 5.86. The minimum absolute atomic E-state index is 0.264. The number of ether oxygens (including phenoxy) is 1. The maximum absolute atomic E-state index is 11.9. The monoisotopic (exact) mass is 285 g/mol. The number of rotatable bonds is 4. The lowest BCUT2D eigenvalue weighted by atomic mass is 9.87. The number of halogens is 1. The number of carbonyl (C=O) groups is 1. The summed E-state index contributed by atoms with van der Waals surface area (Å²) in [5, 5.41) is 3.06. The number of nitrogens with one attached hydrogen (secondary N) is 1. The highest BCUT2D eigenvalue weighted by Gasteiger charge is 2.37. The van der Waals surface area contributed by atoms with Crippen LogP contribution in [0.5, 0.6) is 0 Å². The highest BCUT2D eigenvalue weighted by atomic mass is 79.9. The molecule has 1 N–H and O–H groups in total. The number of likely N-dealkylation sites (N-methyl/N-ethyl adjacent to an activating group) is 1. The predicted molar refractivity (Wildman–Crippen MR) is 67.2 cm³/mol. The molecule has 0 aliphatic rings. The standard InChI is InChI=1S/C12H16BrNO2/c1-4-12(14-2,11(15)16-3)9-5-7-10(13)8-6-9/h5-8,14H,4H2,1-3H3. The van der Waals surface area contributed by atoms with Gasteiger partial charge in [-0.25, -0.2) is 4.79 Å². The van der Waals surface area contributed by atoms with Gasteiger partial charge in [-0.15, -0.1) is 0 Å². The van der Waals surface area contributed by atoms with Gasteiger partial charge in [-0.05, 0) is 31.2 Å². The molecular formula is C12H16BrNO2. The third kappa shape index (κ3) is 2.28. The first kappa shape index (κ1) is 13.2. The summed E-state index contributed by atoms with van der Waals surface area (Å²) in [4.78, 5) is 11.9. The second kappa shape index (κ2) is 5.46. The molecule has 1 unspecified atom stereocenters. The average Bonchev–Trinajstić information content (AvgIpc) is 2.33. The van der Waals surface area contributed by atoms with Crippen LogP contribution in [0.1, 0.15) is 18.9 Å². The second-order valence-corrected chi connectivity index (χ2v) is 4.42. The van der Waals surface area contributed by atoms with Gasteiger partial charge in [0.1, 0.15) is 5.54 Å². The Hall–Kier alpha value is -0.870. The van der Waals surface area contributed by atoms with E-state index >= 15 is 0 Å². The molecule has 88 valence electrons. The van der Waals surface area contributed by atoms with Crippen molar-refractivity contribution in [3.63, 3.8) is 0 Å². The molecule has 0 aliphatic carbocycles. The van der Waals surface area contributed by atoms with Gasteiger partial charge in [-0.1, -0.05) is 35.0 Å². The predicted octanol–water partition coefficient (Wildman–Crippen LogP) is 2.45. The fraction of sp³-hybridized carbons (Fsp3) is 0.417. The van der Waals surface area contributed by atoms with Crippen molar-refractivity contribution in [2.24, 2.45) is 0 Å². The highest BCUT2D eigenvalue weighted by molar-refractivity contribution is 9.10. The summed E-state index contributed by atoms with van der Waals surface area (Å²) >= 11 is 3.37. The minimum Gasteiger partial charge on any atom is -0.467 e. The maximum Gasteiger partial charge on any atom is 0.330 e. The van der Waals surface area contributed by atoms with Crippen molar-refractivity contribution in [1.82, 2.24) is 5.32 Å². The van der Waals surface area contributed by atoms with Crippen molar-refractivity contribution < 1.29 is 9.53 Å². The number of hydrogen-bond donors (Lipinski definition) is 1. The van der Waals surface area contributed by atoms with E-state index in [0.29, 0.717) is 6.42 Å². The van der Waals surface area contributed by atoms with Gasteiger partial charge in [0, 0.05) is 4.47 Å². The van der Waals surface area contributed by atoms with E-state index in [1.54, 1.807) is 7.05 Å². The van der Waals surface area contributed by atoms with E-state index < -0.39 is 5.54 Å². The molecular weight excluding hydrogens is 270 g/mol. The largest absolute Gasteiger partial charge is 0.467 e. The van der Waals surface area contributed by atoms with E-state index in [-0.39, 0.29) is 5.97 Å². The van der Waals surface area contributed by atoms with Crippen LogP contribution in [0.15, 0.2) is 28.7 Å². The van der Waals surface area contributed by atoms with Crippen LogP contribution >= 0.6 is 15.9 Å². The van der Waals surface area contributed by atoms with E-state index in [2.05, 4.69) is 21.2 Å². The van der Waals surface area contributed by atoms with Gasteiger partial charge in [-0.2, -0.15) is 0 Å². The first-order valence-electron chi connectivity index (χ1n) is 5.14. The fourth-order valence-corrected chi connectivity index (χ4v) is 2.06. The van der Waals surface area contributed by atoms with Crippen molar-refractivity contribution in [2.75, 3.05) is 14.2 Å². The Bertz CT molecular complexity index is 358. The molecule has 0 fully saturated rings. The van der Waals surface area contributed by atoms with E-state index in [4.69, 9.17) is 4.74 Å². The lowest BCUT2D eigenvalue weighted by Gasteiger charge is -2.29. The Kier molecular flexibility index (Phi) is 4.50. The summed E-state index contributed by atoms with van der Waals surface area (Å²) in [7, 11) is 3.17. The smallest absolute Gasteiger partial charge is 0.330 e. The molecule has 1 aromatic carbocycles. The molecule has 0 aromatic heterocycles. The maximum atomic E-state index is 11.9. The topological polar surface area (TPSA) is 38.3 Å². The summed E-state index contributed by atoms with van der Waals surface area (Å²) in [5.41, 5.74) is 0.155. The zero-order valence-corrected chi connectivity index (χ0v) is 11.3. The van der Waals surface area contributed by atoms with E-state index in [1.165, 1.54) is 7.11 Å². The molecule has 0 amide bonds. The molecule has 0 bridgehead atoms. The summed E-state index contributed by atoms with van der Waals surface area (Å²) in [6, 6.07) is 7.67. The molecule has 0 heterocycles. The van der Waals surface area contributed by atoms with E-state index in [9.17, 15) is 4.79 Å². The quantitative estimate of drug-likeness (QED) is 0.864. The highest BCUT2D eigenvalue weighted by Crippen LogP contribution is 2.27. The Morgan fingerprint density at radius 3 is 2.38 bits per heavy atom. The Labute approximate surface area is 104 Å². The first-order valence-corrected chi connectivity index (χ1v) is 5.93. The van der Waals surface area contributed by atoms with Crippen LogP contribution < -0.4 is 5.32 Å². The molecule has 1 aromatic rings. The van der Waals surface area contributed by atoms with Crippen molar-refractivity contribution in [3.05, 3.63) is 34.3 Å². The zero-order valence-electron chi connectivity index (χ0n) is 9.71. The van der Waals surface area contributed by atoms with Crippen molar-refractivity contribution >= 4 is 21.9 Å². The van der Waals surface area contributed by atoms with Gasteiger partial charge in [0.2, 0.25) is 0 Å². The Morgan fingerprint density at radius 2 is 2.00 bits per heavy atom. The molecule has 0 saturated carbocycles. The third-order valence-corrected chi connectivity index (χ3v) is 3.36. The molecule has 1 atom stereocenters. The molecule has 0 aliphatic heterocycles. The number of benzene rings is 1. The number of methoxy groups -OCH3 is 1. The molecule has 1 rings (SSSR count). The average molecular weight is 286 g/mol. The van der Waals surface area contributed by atoms with Crippen LogP contribution in [0.25, 0.3) is 0 Å². The van der Waals surface area contributed by atoms with Crippen LogP contribution in [0.2, 0.25) is 0 Å². The molecule has 16 heavy (non-hydrogen) atoms. The molecule has 0 radical (unpaired) electrons. The Morgan fingerprint density at radius 1 is 1.44 bits per heavy atom. The van der Waals surface area contributed by atoms with Gasteiger partial charge in [0.05, 0.1) is 7.11 Å². The van der Waals surface area contributed by atoms with Gasteiger partial charge in [-0.3, -0.25) is 0 Å². The number of esters is 1. The van der Waals surface area contributed by atoms with Crippen molar-refractivity contribution in [2.45, 2.75) is 18.9 Å². The van der Waals surface area contributed by atoms with Gasteiger partial charge >= 0.3 is 5.97 Å². The van der Waals surface area contributed by atoms with Gasteiger partial charge in [0.25, 0.3) is 0 Å². The summed E-state index contributed by atoms with van der Waals surface area (Å²) in [6.45, 7) is 1.95. The van der Waals surface area contributed by atoms with Crippen LogP contribution in [-0.4, -0.2) is 20.1 Å². The van der Waals surface area contributed by atoms with E-state index in [0.717, 1.165) is 10.0 Å². The van der Waals surface area contributed by atoms with Gasteiger partial charge < -0.3 is 10.1 Å². The lowest BCUT2D eigenvalue weighted by molar-refractivity contribution is -0.149. The van der Waals surface area contributed by atoms with Gasteiger partial charge in [0.15, 0.2) is 0 Å². The Balaban J connectivity index is 3.20. The summed E-state index contributed by atoms with van der Waals surface area (Å²) in [5.74, 6) is -0.264. The van der Waals surface area contributed by atoms with Crippen LogP contribution in [0.4, 0.5) is 0 Å². The zero-order chi connectivity index (χ0) is 12.2. The van der Waals surface area contributed by atoms with Crippen LogP contribution in [0, 0.1) is 0 Å². The molecule has 0 spiro atoms. The molecule has 0 saturated heterocycles. The normalized spacial score (nSPS) is 14.2. The second-order valence-electron chi connectivity index (χ2n) is 3.51. The third-order valence-electron chi connectivity index (χ3n) is 2.83. The van der Waals surface area contributed by atoms with Crippen LogP contribution in [-0.2, 0) is 15.1 Å². The first-order chi connectivity index (χ1) is 7.60. The molecule has 3 nitrogen and oxygen atoms in total. The fourth-order valence-electron chi connectivity index (χ4n) is 1.80.